The highest BCUT2D eigenvalue weighted by Gasteiger charge is 2.30. The van der Waals surface area contributed by atoms with Gasteiger partial charge in [-0.1, -0.05) is 24.3 Å². The van der Waals surface area contributed by atoms with Gasteiger partial charge in [0.25, 0.3) is 0 Å². The standard InChI is InChI=1S/C20H18F4N4O/c1-12-18(13(2)28(27-12)11-14-6-3-4-9-17(14)21)26-19(29)25-16-8-5-7-15(10-16)20(22,23)24/h3-10H,11H2,1-2H3,(H2,25,26,29). The van der Waals surface area contributed by atoms with Crippen LogP contribution in [0.2, 0.25) is 0 Å². The van der Waals surface area contributed by atoms with E-state index in [0.29, 0.717) is 22.6 Å². The predicted molar refractivity (Wildman–Crippen MR) is 101 cm³/mol. The number of hydrogen-bond acceptors (Lipinski definition) is 2. The number of rotatable bonds is 4. The van der Waals surface area contributed by atoms with E-state index < -0.39 is 17.8 Å². The van der Waals surface area contributed by atoms with Crippen LogP contribution in [0.4, 0.5) is 33.7 Å². The predicted octanol–water partition coefficient (Wildman–Crippen LogP) is 5.35. The Morgan fingerprint density at radius 3 is 2.48 bits per heavy atom. The zero-order chi connectivity index (χ0) is 21.2. The number of carbonyl (C=O) groups is 1. The zero-order valence-corrected chi connectivity index (χ0v) is 15.6. The molecule has 152 valence electrons. The van der Waals surface area contributed by atoms with Crippen molar-refractivity contribution in [3.05, 3.63) is 76.9 Å². The molecule has 0 spiro atoms. The van der Waals surface area contributed by atoms with E-state index >= 15 is 0 Å². The van der Waals surface area contributed by atoms with E-state index in [1.807, 2.05) is 0 Å². The van der Waals surface area contributed by atoms with Crippen molar-refractivity contribution >= 4 is 17.4 Å². The second-order valence-corrected chi connectivity index (χ2v) is 6.45. The largest absolute Gasteiger partial charge is 0.416 e. The average Bonchev–Trinajstić information content (AvgIpc) is 2.90. The van der Waals surface area contributed by atoms with Gasteiger partial charge in [0.2, 0.25) is 0 Å². The van der Waals surface area contributed by atoms with Gasteiger partial charge in [0.05, 0.1) is 29.2 Å². The van der Waals surface area contributed by atoms with Crippen LogP contribution in [0.5, 0.6) is 0 Å². The topological polar surface area (TPSA) is 59.0 Å². The maximum atomic E-state index is 13.9. The first-order chi connectivity index (χ1) is 13.6. The summed E-state index contributed by atoms with van der Waals surface area (Å²) in [4.78, 5) is 12.3. The normalized spacial score (nSPS) is 11.4. The summed E-state index contributed by atoms with van der Waals surface area (Å²) < 4.78 is 53.8. The number of carbonyl (C=O) groups excluding carboxylic acids is 1. The lowest BCUT2D eigenvalue weighted by atomic mass is 10.2. The Morgan fingerprint density at radius 1 is 1.07 bits per heavy atom. The number of nitrogens with one attached hydrogen (secondary N) is 2. The van der Waals surface area contributed by atoms with Crippen molar-refractivity contribution in [2.75, 3.05) is 10.6 Å². The number of aromatic nitrogens is 2. The molecule has 0 unspecified atom stereocenters. The molecule has 0 bridgehead atoms. The molecule has 0 atom stereocenters. The molecule has 9 heteroatoms. The molecule has 0 saturated heterocycles. The van der Waals surface area contributed by atoms with Gasteiger partial charge in [0, 0.05) is 11.3 Å². The number of halogens is 4. The molecule has 0 fully saturated rings. The van der Waals surface area contributed by atoms with Gasteiger partial charge in [0.1, 0.15) is 5.82 Å². The summed E-state index contributed by atoms with van der Waals surface area (Å²) in [6.45, 7) is 3.56. The first kappa shape index (κ1) is 20.4. The lowest BCUT2D eigenvalue weighted by Gasteiger charge is -2.11. The van der Waals surface area contributed by atoms with Gasteiger partial charge >= 0.3 is 12.2 Å². The number of urea groups is 1. The average molecular weight is 406 g/mol. The summed E-state index contributed by atoms with van der Waals surface area (Å²) in [6, 6.07) is 9.92. The lowest BCUT2D eigenvalue weighted by molar-refractivity contribution is -0.137. The van der Waals surface area contributed by atoms with Crippen molar-refractivity contribution in [2.24, 2.45) is 0 Å². The SMILES string of the molecule is Cc1nn(Cc2ccccc2F)c(C)c1NC(=O)Nc1cccc(C(F)(F)F)c1. The van der Waals surface area contributed by atoms with Crippen LogP contribution in [0.25, 0.3) is 0 Å². The first-order valence-corrected chi connectivity index (χ1v) is 8.68. The maximum absolute atomic E-state index is 13.9. The second-order valence-electron chi connectivity index (χ2n) is 6.45. The molecule has 0 saturated carbocycles. The molecule has 2 amide bonds. The smallest absolute Gasteiger partial charge is 0.308 e. The van der Waals surface area contributed by atoms with E-state index in [4.69, 9.17) is 0 Å². The summed E-state index contributed by atoms with van der Waals surface area (Å²) in [5, 5.41) is 9.29. The van der Waals surface area contributed by atoms with Crippen LogP contribution < -0.4 is 10.6 Å². The number of alkyl halides is 3. The molecule has 2 aromatic carbocycles. The number of benzene rings is 2. The molecule has 3 aromatic rings. The molecule has 0 aliphatic carbocycles. The number of aryl methyl sites for hydroxylation is 1. The summed E-state index contributed by atoms with van der Waals surface area (Å²) in [7, 11) is 0. The minimum absolute atomic E-state index is 0.00591. The van der Waals surface area contributed by atoms with Gasteiger partial charge in [0.15, 0.2) is 0 Å². The molecule has 3 rings (SSSR count). The monoisotopic (exact) mass is 406 g/mol. The van der Waals surface area contributed by atoms with E-state index in [1.54, 1.807) is 36.7 Å². The van der Waals surface area contributed by atoms with Crippen LogP contribution in [0.1, 0.15) is 22.5 Å². The van der Waals surface area contributed by atoms with Gasteiger partial charge in [-0.2, -0.15) is 18.3 Å². The van der Waals surface area contributed by atoms with E-state index in [9.17, 15) is 22.4 Å². The van der Waals surface area contributed by atoms with E-state index in [1.165, 1.54) is 18.2 Å². The minimum atomic E-state index is -4.50. The molecule has 0 aliphatic heterocycles. The third-order valence-electron chi connectivity index (χ3n) is 4.35. The van der Waals surface area contributed by atoms with Crippen molar-refractivity contribution in [2.45, 2.75) is 26.6 Å². The van der Waals surface area contributed by atoms with Gasteiger partial charge in [-0.25, -0.2) is 9.18 Å². The van der Waals surface area contributed by atoms with Crippen LogP contribution >= 0.6 is 0 Å². The van der Waals surface area contributed by atoms with Crippen LogP contribution in [0.15, 0.2) is 48.5 Å². The molecule has 1 aromatic heterocycles. The molecule has 0 radical (unpaired) electrons. The number of nitrogens with zero attached hydrogens (tertiary/aromatic N) is 2. The third kappa shape index (κ3) is 4.74. The van der Waals surface area contributed by atoms with E-state index in [0.717, 1.165) is 12.1 Å². The van der Waals surface area contributed by atoms with Crippen molar-refractivity contribution < 1.29 is 22.4 Å². The van der Waals surface area contributed by atoms with Gasteiger partial charge in [-0.15, -0.1) is 0 Å². The third-order valence-corrected chi connectivity index (χ3v) is 4.35. The van der Waals surface area contributed by atoms with Gasteiger partial charge < -0.3 is 10.6 Å². The van der Waals surface area contributed by atoms with Gasteiger partial charge in [-0.3, -0.25) is 4.68 Å². The Balaban J connectivity index is 1.74. The van der Waals surface area contributed by atoms with Crippen molar-refractivity contribution in [1.29, 1.82) is 0 Å². The molecule has 2 N–H and O–H groups in total. The van der Waals surface area contributed by atoms with Crippen molar-refractivity contribution in [1.82, 2.24) is 9.78 Å². The van der Waals surface area contributed by atoms with E-state index in [-0.39, 0.29) is 18.0 Å². The van der Waals surface area contributed by atoms with Crippen LogP contribution in [0.3, 0.4) is 0 Å². The Hall–Kier alpha value is -3.36. The highest BCUT2D eigenvalue weighted by Crippen LogP contribution is 2.30. The fourth-order valence-corrected chi connectivity index (χ4v) is 2.87. The second kappa shape index (κ2) is 7.94. The fraction of sp³-hybridized carbons (Fsp3) is 0.200. The number of amides is 2. The Morgan fingerprint density at radius 2 is 1.79 bits per heavy atom. The maximum Gasteiger partial charge on any atom is 0.416 e. The fourth-order valence-electron chi connectivity index (χ4n) is 2.87. The van der Waals surface area contributed by atoms with Crippen LogP contribution in [0, 0.1) is 19.7 Å². The van der Waals surface area contributed by atoms with Crippen LogP contribution in [-0.4, -0.2) is 15.8 Å². The highest BCUT2D eigenvalue weighted by atomic mass is 19.4. The summed E-state index contributed by atoms with van der Waals surface area (Å²) in [6.07, 6.45) is -4.50. The summed E-state index contributed by atoms with van der Waals surface area (Å²) in [5.74, 6) is -0.364. The Kier molecular flexibility index (Phi) is 5.58. The Bertz CT molecular complexity index is 1040. The quantitative estimate of drug-likeness (QED) is 0.574. The number of anilines is 2. The molecule has 0 aliphatic rings. The minimum Gasteiger partial charge on any atom is -0.308 e. The molecule has 1 heterocycles. The van der Waals surface area contributed by atoms with Crippen LogP contribution in [-0.2, 0) is 12.7 Å². The van der Waals surface area contributed by atoms with Crippen molar-refractivity contribution in [3.63, 3.8) is 0 Å². The lowest BCUT2D eigenvalue weighted by Crippen LogP contribution is -2.20. The zero-order valence-electron chi connectivity index (χ0n) is 15.6. The van der Waals surface area contributed by atoms with Gasteiger partial charge in [-0.05, 0) is 38.1 Å². The summed E-state index contributed by atoms with van der Waals surface area (Å²) >= 11 is 0. The van der Waals surface area contributed by atoms with E-state index in [2.05, 4.69) is 15.7 Å². The molecule has 29 heavy (non-hydrogen) atoms. The Labute approximate surface area is 164 Å². The molecular formula is C20H18F4N4O. The molecular weight excluding hydrogens is 388 g/mol. The first-order valence-electron chi connectivity index (χ1n) is 8.68. The number of hydrogen-bond donors (Lipinski definition) is 2. The summed E-state index contributed by atoms with van der Waals surface area (Å²) in [5.41, 5.74) is 1.08. The highest BCUT2D eigenvalue weighted by molar-refractivity contribution is 6.00. The molecule has 5 nitrogen and oxygen atoms in total. The van der Waals surface area contributed by atoms with Crippen molar-refractivity contribution in [3.8, 4) is 0 Å².